The molecule has 0 saturated heterocycles. The largest absolute Gasteiger partial charge is 0.392 e. The summed E-state index contributed by atoms with van der Waals surface area (Å²) in [5, 5.41) is 17.6. The highest BCUT2D eigenvalue weighted by molar-refractivity contribution is 4.78. The van der Waals surface area contributed by atoms with Gasteiger partial charge in [-0.05, 0) is 5.92 Å². The molecule has 2 nitrogen and oxygen atoms in total. The third kappa shape index (κ3) is 2.84. The van der Waals surface area contributed by atoms with Crippen LogP contribution in [0, 0.1) is 17.2 Å². The van der Waals surface area contributed by atoms with Crippen LogP contribution in [0.2, 0.25) is 0 Å². The van der Waals surface area contributed by atoms with Gasteiger partial charge >= 0.3 is 0 Å². The fourth-order valence-corrected chi connectivity index (χ4v) is 1.09. The SMILES string of the molecule is CCC(CC)C(O)CC#N. The van der Waals surface area contributed by atoms with Crippen molar-refractivity contribution in [2.45, 2.75) is 39.2 Å². The van der Waals surface area contributed by atoms with Crippen LogP contribution in [0.1, 0.15) is 33.1 Å². The first-order valence-electron chi connectivity index (χ1n) is 3.81. The van der Waals surface area contributed by atoms with Gasteiger partial charge in [0.15, 0.2) is 0 Å². The van der Waals surface area contributed by atoms with Crippen molar-refractivity contribution >= 4 is 0 Å². The normalized spacial score (nSPS) is 13.1. The number of nitrogens with zero attached hydrogens (tertiary/aromatic N) is 1. The second-order valence-corrected chi connectivity index (χ2v) is 2.51. The van der Waals surface area contributed by atoms with Crippen molar-refractivity contribution in [3.05, 3.63) is 0 Å². The molecule has 1 atom stereocenters. The summed E-state index contributed by atoms with van der Waals surface area (Å²) in [5.41, 5.74) is 0. The van der Waals surface area contributed by atoms with E-state index in [-0.39, 0.29) is 6.42 Å². The Morgan fingerprint density at radius 2 is 1.90 bits per heavy atom. The molecule has 0 aliphatic carbocycles. The molecule has 1 N–H and O–H groups in total. The zero-order valence-electron chi connectivity index (χ0n) is 6.67. The van der Waals surface area contributed by atoms with Crippen LogP contribution in [0.25, 0.3) is 0 Å². The maximum atomic E-state index is 9.29. The summed E-state index contributed by atoms with van der Waals surface area (Å²) in [5.74, 6) is 0.305. The van der Waals surface area contributed by atoms with Crippen LogP contribution in [-0.2, 0) is 0 Å². The summed E-state index contributed by atoms with van der Waals surface area (Å²) in [7, 11) is 0. The second kappa shape index (κ2) is 5.25. The van der Waals surface area contributed by atoms with Gasteiger partial charge in [0.25, 0.3) is 0 Å². The Morgan fingerprint density at radius 3 is 2.20 bits per heavy atom. The molecule has 0 aromatic carbocycles. The van der Waals surface area contributed by atoms with Crippen LogP contribution < -0.4 is 0 Å². The van der Waals surface area contributed by atoms with Gasteiger partial charge in [0.2, 0.25) is 0 Å². The zero-order chi connectivity index (χ0) is 7.98. The van der Waals surface area contributed by atoms with E-state index in [0.717, 1.165) is 12.8 Å². The van der Waals surface area contributed by atoms with E-state index < -0.39 is 6.10 Å². The maximum Gasteiger partial charge on any atom is 0.0698 e. The lowest BCUT2D eigenvalue weighted by molar-refractivity contribution is 0.107. The quantitative estimate of drug-likeness (QED) is 0.647. The average Bonchev–Trinajstić information content (AvgIpc) is 1.91. The van der Waals surface area contributed by atoms with Gasteiger partial charge in [0.05, 0.1) is 18.6 Å². The summed E-state index contributed by atoms with van der Waals surface area (Å²) >= 11 is 0. The summed E-state index contributed by atoms with van der Waals surface area (Å²) in [6.45, 7) is 4.07. The Morgan fingerprint density at radius 1 is 1.40 bits per heavy atom. The van der Waals surface area contributed by atoms with Crippen molar-refractivity contribution in [2.24, 2.45) is 5.92 Å². The molecular weight excluding hydrogens is 126 g/mol. The molecule has 0 saturated carbocycles. The predicted octanol–water partition coefficient (Wildman–Crippen LogP) is 1.70. The molecule has 0 fully saturated rings. The molecule has 0 radical (unpaired) electrons. The number of aliphatic hydroxyl groups is 1. The van der Waals surface area contributed by atoms with Crippen LogP contribution in [0.5, 0.6) is 0 Å². The minimum absolute atomic E-state index is 0.270. The monoisotopic (exact) mass is 141 g/mol. The summed E-state index contributed by atoms with van der Waals surface area (Å²) in [6.07, 6.45) is 1.77. The van der Waals surface area contributed by atoms with Crippen molar-refractivity contribution in [2.75, 3.05) is 0 Å². The van der Waals surface area contributed by atoms with E-state index >= 15 is 0 Å². The fourth-order valence-electron chi connectivity index (χ4n) is 1.09. The molecule has 0 bridgehead atoms. The Hall–Kier alpha value is -0.550. The van der Waals surface area contributed by atoms with Gasteiger partial charge < -0.3 is 5.11 Å². The summed E-state index contributed by atoms with van der Waals surface area (Å²) < 4.78 is 0. The van der Waals surface area contributed by atoms with Gasteiger partial charge in [-0.1, -0.05) is 26.7 Å². The van der Waals surface area contributed by atoms with E-state index in [4.69, 9.17) is 5.26 Å². The van der Waals surface area contributed by atoms with Gasteiger partial charge in [-0.15, -0.1) is 0 Å². The van der Waals surface area contributed by atoms with Gasteiger partial charge in [-0.2, -0.15) is 5.26 Å². The lowest BCUT2D eigenvalue weighted by Crippen LogP contribution is -2.18. The molecule has 1 unspecified atom stereocenters. The van der Waals surface area contributed by atoms with Gasteiger partial charge in [0.1, 0.15) is 0 Å². The molecule has 10 heavy (non-hydrogen) atoms. The van der Waals surface area contributed by atoms with Gasteiger partial charge in [-0.3, -0.25) is 0 Å². The Bertz CT molecular complexity index is 113. The topological polar surface area (TPSA) is 44.0 Å². The molecule has 0 aromatic heterocycles. The van der Waals surface area contributed by atoms with Crippen molar-refractivity contribution in [1.82, 2.24) is 0 Å². The van der Waals surface area contributed by atoms with Crippen LogP contribution >= 0.6 is 0 Å². The molecular formula is C8H15NO. The molecule has 0 heterocycles. The highest BCUT2D eigenvalue weighted by Gasteiger charge is 2.13. The van der Waals surface area contributed by atoms with Crippen LogP contribution in [0.4, 0.5) is 0 Å². The zero-order valence-corrected chi connectivity index (χ0v) is 6.67. The third-order valence-electron chi connectivity index (χ3n) is 1.89. The molecule has 58 valence electrons. The van der Waals surface area contributed by atoms with Crippen LogP contribution in [0.15, 0.2) is 0 Å². The Kier molecular flexibility index (Phi) is 4.96. The summed E-state index contributed by atoms with van der Waals surface area (Å²) in [4.78, 5) is 0. The molecule has 0 aliphatic heterocycles. The minimum atomic E-state index is -0.417. The van der Waals surface area contributed by atoms with Crippen molar-refractivity contribution in [3.8, 4) is 6.07 Å². The molecule has 0 amide bonds. The highest BCUT2D eigenvalue weighted by atomic mass is 16.3. The van der Waals surface area contributed by atoms with Crippen LogP contribution in [-0.4, -0.2) is 11.2 Å². The summed E-state index contributed by atoms with van der Waals surface area (Å²) in [6, 6.07) is 1.97. The van der Waals surface area contributed by atoms with E-state index in [1.807, 2.05) is 19.9 Å². The Labute approximate surface area is 62.5 Å². The van der Waals surface area contributed by atoms with Gasteiger partial charge in [0, 0.05) is 0 Å². The van der Waals surface area contributed by atoms with E-state index in [0.29, 0.717) is 5.92 Å². The Balaban J connectivity index is 3.66. The number of hydrogen-bond donors (Lipinski definition) is 1. The van der Waals surface area contributed by atoms with E-state index in [1.165, 1.54) is 0 Å². The van der Waals surface area contributed by atoms with Crippen molar-refractivity contribution in [1.29, 1.82) is 5.26 Å². The third-order valence-corrected chi connectivity index (χ3v) is 1.89. The lowest BCUT2D eigenvalue weighted by Gasteiger charge is -2.16. The maximum absolute atomic E-state index is 9.29. The van der Waals surface area contributed by atoms with E-state index in [9.17, 15) is 5.11 Å². The van der Waals surface area contributed by atoms with Crippen LogP contribution in [0.3, 0.4) is 0 Å². The first kappa shape index (κ1) is 9.45. The van der Waals surface area contributed by atoms with E-state index in [2.05, 4.69) is 0 Å². The van der Waals surface area contributed by atoms with E-state index in [1.54, 1.807) is 0 Å². The number of aliphatic hydroxyl groups excluding tert-OH is 1. The smallest absolute Gasteiger partial charge is 0.0698 e. The second-order valence-electron chi connectivity index (χ2n) is 2.51. The standard InChI is InChI=1S/C8H15NO/c1-3-7(4-2)8(10)5-6-9/h7-8,10H,3-5H2,1-2H3. The first-order chi connectivity index (χ1) is 4.76. The number of nitriles is 1. The highest BCUT2D eigenvalue weighted by Crippen LogP contribution is 2.14. The number of hydrogen-bond acceptors (Lipinski definition) is 2. The lowest BCUT2D eigenvalue weighted by atomic mass is 9.95. The fraction of sp³-hybridized carbons (Fsp3) is 0.875. The van der Waals surface area contributed by atoms with Gasteiger partial charge in [-0.25, -0.2) is 0 Å². The van der Waals surface area contributed by atoms with Crippen molar-refractivity contribution in [3.63, 3.8) is 0 Å². The molecule has 0 aliphatic rings. The average molecular weight is 141 g/mol. The van der Waals surface area contributed by atoms with Crippen molar-refractivity contribution < 1.29 is 5.11 Å². The molecule has 0 aromatic rings. The minimum Gasteiger partial charge on any atom is -0.392 e. The molecule has 2 heteroatoms. The molecule has 0 rings (SSSR count). The predicted molar refractivity (Wildman–Crippen MR) is 40.3 cm³/mol. The number of rotatable bonds is 4. The first-order valence-corrected chi connectivity index (χ1v) is 3.81. The molecule has 0 spiro atoms.